The second kappa shape index (κ2) is 9.07. The molecule has 114 valence electrons. The topological polar surface area (TPSA) is 51.5 Å². The third kappa shape index (κ3) is 5.51. The van der Waals surface area contributed by atoms with Gasteiger partial charge in [-0.05, 0) is 25.0 Å². The number of hydrogen-bond acceptors (Lipinski definition) is 4. The molecule has 1 aromatic heterocycles. The minimum Gasteiger partial charge on any atom is -0.316 e. The van der Waals surface area contributed by atoms with Crippen LogP contribution in [0.3, 0.4) is 0 Å². The Kier molecular flexibility index (Phi) is 7.39. The Balaban J connectivity index is 2.79. The van der Waals surface area contributed by atoms with Crippen LogP contribution in [0, 0.1) is 4.64 Å². The lowest BCUT2D eigenvalue weighted by Crippen LogP contribution is -2.42. The summed E-state index contributed by atoms with van der Waals surface area (Å²) in [6, 6.07) is 5.08. The largest absolute Gasteiger partial charge is 0.441 e. The number of allylic oxidation sites excluding steroid dienone is 1. The summed E-state index contributed by atoms with van der Waals surface area (Å²) >= 11 is 5.05. The molecule has 5 nitrogen and oxygen atoms in total. The van der Waals surface area contributed by atoms with E-state index in [4.69, 9.17) is 17.1 Å². The van der Waals surface area contributed by atoms with Gasteiger partial charge in [0.1, 0.15) is 4.64 Å². The van der Waals surface area contributed by atoms with E-state index in [1.165, 1.54) is 10.9 Å². The van der Waals surface area contributed by atoms with Crippen molar-refractivity contribution in [3.05, 3.63) is 41.7 Å². The SMILES string of the molecule is C=CCCC(=O)N(CCCC)C(=O)On1ccccc1=S. The van der Waals surface area contributed by atoms with Gasteiger partial charge in [0.15, 0.2) is 0 Å². The first-order valence-corrected chi connectivity index (χ1v) is 7.32. The predicted molar refractivity (Wildman–Crippen MR) is 83.3 cm³/mol. The van der Waals surface area contributed by atoms with Gasteiger partial charge in [-0.2, -0.15) is 4.73 Å². The van der Waals surface area contributed by atoms with Gasteiger partial charge in [-0.1, -0.05) is 37.7 Å². The van der Waals surface area contributed by atoms with Gasteiger partial charge in [0.25, 0.3) is 0 Å². The minimum absolute atomic E-state index is 0.239. The minimum atomic E-state index is -0.709. The summed E-state index contributed by atoms with van der Waals surface area (Å²) < 4.78 is 1.54. The first-order chi connectivity index (χ1) is 10.1. The van der Waals surface area contributed by atoms with E-state index in [0.29, 0.717) is 17.6 Å². The van der Waals surface area contributed by atoms with Crippen molar-refractivity contribution in [2.45, 2.75) is 32.6 Å². The molecule has 2 amide bonds. The molecule has 0 radical (unpaired) electrons. The molecule has 0 saturated heterocycles. The van der Waals surface area contributed by atoms with E-state index in [9.17, 15) is 9.59 Å². The summed E-state index contributed by atoms with van der Waals surface area (Å²) in [4.78, 5) is 30.5. The zero-order chi connectivity index (χ0) is 15.7. The van der Waals surface area contributed by atoms with Gasteiger partial charge < -0.3 is 4.84 Å². The second-order valence-electron chi connectivity index (χ2n) is 4.45. The van der Waals surface area contributed by atoms with Crippen LogP contribution in [0.5, 0.6) is 0 Å². The highest BCUT2D eigenvalue weighted by Crippen LogP contribution is 2.04. The fourth-order valence-electron chi connectivity index (χ4n) is 1.62. The number of rotatable bonds is 7. The lowest BCUT2D eigenvalue weighted by Gasteiger charge is -2.20. The van der Waals surface area contributed by atoms with Gasteiger partial charge in [0.2, 0.25) is 5.91 Å². The van der Waals surface area contributed by atoms with E-state index in [2.05, 4.69) is 6.58 Å². The van der Waals surface area contributed by atoms with Gasteiger partial charge >= 0.3 is 6.09 Å². The van der Waals surface area contributed by atoms with E-state index in [1.807, 2.05) is 6.92 Å². The number of imide groups is 1. The average Bonchev–Trinajstić information content (AvgIpc) is 2.48. The fraction of sp³-hybridized carbons (Fsp3) is 0.400. The molecule has 21 heavy (non-hydrogen) atoms. The van der Waals surface area contributed by atoms with Crippen LogP contribution in [0.4, 0.5) is 4.79 Å². The maximum atomic E-state index is 12.2. The van der Waals surface area contributed by atoms with Gasteiger partial charge in [0.05, 0.1) is 0 Å². The summed E-state index contributed by atoms with van der Waals surface area (Å²) in [7, 11) is 0. The summed E-state index contributed by atoms with van der Waals surface area (Å²) in [6.07, 6.45) is 4.85. The van der Waals surface area contributed by atoms with Crippen molar-refractivity contribution in [2.24, 2.45) is 0 Å². The van der Waals surface area contributed by atoms with Crippen LogP contribution in [-0.4, -0.2) is 28.2 Å². The monoisotopic (exact) mass is 308 g/mol. The average molecular weight is 308 g/mol. The molecule has 0 aliphatic carbocycles. The fourth-order valence-corrected chi connectivity index (χ4v) is 1.79. The van der Waals surface area contributed by atoms with Crippen molar-refractivity contribution in [3.8, 4) is 0 Å². The molecule has 6 heteroatoms. The van der Waals surface area contributed by atoms with Crippen LogP contribution >= 0.6 is 12.2 Å². The molecule has 0 spiro atoms. The molecule has 0 aliphatic heterocycles. The summed E-state index contributed by atoms with van der Waals surface area (Å²) in [5.41, 5.74) is 0. The Morgan fingerprint density at radius 2 is 2.24 bits per heavy atom. The van der Waals surface area contributed by atoms with Crippen molar-refractivity contribution in [3.63, 3.8) is 0 Å². The van der Waals surface area contributed by atoms with Crippen LogP contribution in [0.1, 0.15) is 32.6 Å². The standard InChI is InChI=1S/C15H20N2O3S/c1-3-5-9-13(18)16(11-6-4-2)15(19)20-17-12-8-7-10-14(17)21/h3,7-8,10,12H,1,4-6,9,11H2,2H3. The zero-order valence-corrected chi connectivity index (χ0v) is 13.0. The number of carbonyl (C=O) groups is 2. The van der Waals surface area contributed by atoms with E-state index in [0.717, 1.165) is 17.7 Å². The smallest absolute Gasteiger partial charge is 0.316 e. The number of amides is 2. The molecule has 0 fully saturated rings. The third-order valence-electron chi connectivity index (χ3n) is 2.78. The van der Waals surface area contributed by atoms with Crippen LogP contribution in [0.2, 0.25) is 0 Å². The molecule has 0 aromatic carbocycles. The maximum Gasteiger partial charge on any atom is 0.441 e. The Morgan fingerprint density at radius 3 is 2.86 bits per heavy atom. The third-order valence-corrected chi connectivity index (χ3v) is 3.10. The highest BCUT2D eigenvalue weighted by Gasteiger charge is 2.22. The molecule has 0 unspecified atom stereocenters. The van der Waals surface area contributed by atoms with Crippen molar-refractivity contribution >= 4 is 24.2 Å². The zero-order valence-electron chi connectivity index (χ0n) is 12.2. The van der Waals surface area contributed by atoms with Crippen LogP contribution in [-0.2, 0) is 4.79 Å². The number of nitrogens with zero attached hydrogens (tertiary/aromatic N) is 2. The lowest BCUT2D eigenvalue weighted by molar-refractivity contribution is -0.129. The number of pyridine rings is 1. The van der Waals surface area contributed by atoms with Crippen LogP contribution < -0.4 is 4.84 Å². The highest BCUT2D eigenvalue weighted by molar-refractivity contribution is 7.71. The van der Waals surface area contributed by atoms with Gasteiger partial charge in [-0.3, -0.25) is 4.79 Å². The van der Waals surface area contributed by atoms with Crippen LogP contribution in [0.15, 0.2) is 37.1 Å². The van der Waals surface area contributed by atoms with E-state index >= 15 is 0 Å². The van der Waals surface area contributed by atoms with E-state index in [1.54, 1.807) is 24.3 Å². The Labute approximate surface area is 129 Å². The molecule has 0 atom stereocenters. The maximum absolute atomic E-state index is 12.2. The Hall–Kier alpha value is -1.95. The van der Waals surface area contributed by atoms with Gasteiger partial charge in [-0.15, -0.1) is 6.58 Å². The molecule has 1 heterocycles. The van der Waals surface area contributed by atoms with Crippen molar-refractivity contribution < 1.29 is 14.4 Å². The number of unbranched alkanes of at least 4 members (excludes halogenated alkanes) is 1. The number of aromatic nitrogens is 1. The van der Waals surface area contributed by atoms with E-state index < -0.39 is 6.09 Å². The van der Waals surface area contributed by atoms with E-state index in [-0.39, 0.29) is 12.3 Å². The molecule has 1 rings (SSSR count). The molecule has 1 aromatic rings. The molecular formula is C15H20N2O3S. The second-order valence-corrected chi connectivity index (χ2v) is 4.87. The first kappa shape index (κ1) is 17.1. The van der Waals surface area contributed by atoms with Gasteiger partial charge in [-0.25, -0.2) is 9.69 Å². The molecular weight excluding hydrogens is 288 g/mol. The quantitative estimate of drug-likeness (QED) is 0.572. The summed E-state index contributed by atoms with van der Waals surface area (Å²) in [5, 5.41) is 0. The number of carbonyl (C=O) groups excluding carboxylic acids is 2. The molecule has 0 N–H and O–H groups in total. The summed E-state index contributed by atoms with van der Waals surface area (Å²) in [6.45, 7) is 5.90. The molecule has 0 bridgehead atoms. The summed E-state index contributed by atoms with van der Waals surface area (Å²) in [5.74, 6) is -0.268. The molecule has 0 aliphatic rings. The normalized spacial score (nSPS) is 9.95. The van der Waals surface area contributed by atoms with Crippen molar-refractivity contribution in [2.75, 3.05) is 6.54 Å². The van der Waals surface area contributed by atoms with Gasteiger partial charge in [0, 0.05) is 19.2 Å². The highest BCUT2D eigenvalue weighted by atomic mass is 32.1. The first-order valence-electron chi connectivity index (χ1n) is 6.91. The lowest BCUT2D eigenvalue weighted by atomic mass is 10.2. The predicted octanol–water partition coefficient (Wildman–Crippen LogP) is 3.36. The Bertz CT molecular complexity index is 554. The Morgan fingerprint density at radius 1 is 1.48 bits per heavy atom. The van der Waals surface area contributed by atoms with Crippen molar-refractivity contribution in [1.82, 2.24) is 9.63 Å². The molecule has 0 saturated carbocycles. The van der Waals surface area contributed by atoms with Crippen LogP contribution in [0.25, 0.3) is 0 Å². The number of hydrogen-bond donors (Lipinski definition) is 0. The van der Waals surface area contributed by atoms with Crippen molar-refractivity contribution in [1.29, 1.82) is 0 Å².